The third-order valence-electron chi connectivity index (χ3n) is 6.04. The summed E-state index contributed by atoms with van der Waals surface area (Å²) in [5.41, 5.74) is 1.78. The summed E-state index contributed by atoms with van der Waals surface area (Å²) in [6, 6.07) is 8.27. The van der Waals surface area contributed by atoms with E-state index in [1.807, 2.05) is 12.1 Å². The van der Waals surface area contributed by atoms with Gasteiger partial charge in [0.15, 0.2) is 23.0 Å². The molecule has 0 radical (unpaired) electrons. The number of amides is 2. The number of nitrogens with zero attached hydrogens (tertiary/aromatic N) is 1. The largest absolute Gasteiger partial charge is 0.493 e. The van der Waals surface area contributed by atoms with Gasteiger partial charge in [-0.1, -0.05) is 19.4 Å². The van der Waals surface area contributed by atoms with Crippen molar-refractivity contribution in [1.82, 2.24) is 10.2 Å². The van der Waals surface area contributed by atoms with Gasteiger partial charge in [0.1, 0.15) is 0 Å². The van der Waals surface area contributed by atoms with Crippen LogP contribution in [0, 0.1) is 0 Å². The number of unbranched alkanes of at least 4 members (excludes halogenated alkanes) is 1. The van der Waals surface area contributed by atoms with E-state index in [2.05, 4.69) is 12.2 Å². The van der Waals surface area contributed by atoms with Gasteiger partial charge in [-0.05, 0) is 41.8 Å². The van der Waals surface area contributed by atoms with E-state index in [1.165, 1.54) is 14.2 Å². The van der Waals surface area contributed by atoms with Crippen molar-refractivity contribution in [2.24, 2.45) is 0 Å². The second-order valence-electron chi connectivity index (χ2n) is 7.89. The number of hydrogen-bond donors (Lipinski definition) is 1. The Hall–Kier alpha value is -3.42. The number of methoxy groups -OCH3 is 4. The number of carbonyl (C=O) groups is 2. The van der Waals surface area contributed by atoms with E-state index in [0.29, 0.717) is 40.7 Å². The van der Waals surface area contributed by atoms with Gasteiger partial charge in [0, 0.05) is 19.2 Å². The maximum absolute atomic E-state index is 13.5. The first-order valence-corrected chi connectivity index (χ1v) is 10.9. The average molecular weight is 457 g/mol. The Balaban J connectivity index is 2.19. The van der Waals surface area contributed by atoms with Crippen LogP contribution < -0.4 is 24.3 Å². The smallest absolute Gasteiger partial charge is 0.254 e. The minimum atomic E-state index is -0.655. The molecule has 3 rings (SSSR count). The molecule has 0 unspecified atom stereocenters. The van der Waals surface area contributed by atoms with Crippen LogP contribution in [-0.4, -0.2) is 58.7 Å². The Morgan fingerprint density at radius 3 is 2.15 bits per heavy atom. The number of rotatable bonds is 9. The van der Waals surface area contributed by atoms with Gasteiger partial charge < -0.3 is 29.2 Å². The highest BCUT2D eigenvalue weighted by Crippen LogP contribution is 2.46. The van der Waals surface area contributed by atoms with E-state index in [4.69, 9.17) is 18.9 Å². The van der Waals surface area contributed by atoms with Crippen molar-refractivity contribution in [3.05, 3.63) is 47.0 Å². The van der Waals surface area contributed by atoms with Gasteiger partial charge in [-0.15, -0.1) is 0 Å². The molecular weight excluding hydrogens is 424 g/mol. The van der Waals surface area contributed by atoms with Crippen LogP contribution in [0.3, 0.4) is 0 Å². The standard InChI is InChI=1S/C25H32N2O6/c1-7-8-11-26-24(28)22-16-13-20(32-5)21(33-6)14-17(16)25(29)27(2)23(22)15-9-10-18(30-3)19(12-15)31-4/h9-10,12-14,22-23H,7-8,11H2,1-6H3,(H,26,28)/t22-,23-/m1/s1. The first-order chi connectivity index (χ1) is 15.9. The van der Waals surface area contributed by atoms with Crippen molar-refractivity contribution >= 4 is 11.8 Å². The first kappa shape index (κ1) is 24.2. The molecule has 0 saturated heterocycles. The molecule has 1 heterocycles. The fourth-order valence-electron chi connectivity index (χ4n) is 4.28. The molecule has 0 spiro atoms. The minimum Gasteiger partial charge on any atom is -0.493 e. The molecule has 0 fully saturated rings. The number of nitrogens with one attached hydrogen (secondary N) is 1. The van der Waals surface area contributed by atoms with Crippen molar-refractivity contribution in [2.45, 2.75) is 31.7 Å². The van der Waals surface area contributed by atoms with Crippen LogP contribution in [0.4, 0.5) is 0 Å². The van der Waals surface area contributed by atoms with Crippen molar-refractivity contribution in [3.63, 3.8) is 0 Å². The van der Waals surface area contributed by atoms with Gasteiger partial charge >= 0.3 is 0 Å². The van der Waals surface area contributed by atoms with E-state index < -0.39 is 12.0 Å². The van der Waals surface area contributed by atoms with Gasteiger partial charge in [0.05, 0.1) is 40.4 Å². The Labute approximate surface area is 194 Å². The van der Waals surface area contributed by atoms with Crippen molar-refractivity contribution in [3.8, 4) is 23.0 Å². The molecule has 1 aliphatic rings. The van der Waals surface area contributed by atoms with Crippen LogP contribution in [0.25, 0.3) is 0 Å². The summed E-state index contributed by atoms with van der Waals surface area (Å²) >= 11 is 0. The summed E-state index contributed by atoms with van der Waals surface area (Å²) in [5.74, 6) is 0.983. The Morgan fingerprint density at radius 1 is 0.939 bits per heavy atom. The van der Waals surface area contributed by atoms with Crippen LogP contribution in [0.15, 0.2) is 30.3 Å². The molecule has 8 nitrogen and oxygen atoms in total. The fraction of sp³-hybridized carbons (Fsp3) is 0.440. The molecule has 2 atom stereocenters. The van der Waals surface area contributed by atoms with Gasteiger partial charge in [-0.2, -0.15) is 0 Å². The highest BCUT2D eigenvalue weighted by molar-refractivity contribution is 6.02. The molecule has 8 heteroatoms. The number of ether oxygens (including phenoxy) is 4. The van der Waals surface area contributed by atoms with Gasteiger partial charge in [-0.25, -0.2) is 0 Å². The molecule has 1 aliphatic heterocycles. The number of likely N-dealkylation sites (N-methyl/N-ethyl adjacent to an activating group) is 1. The van der Waals surface area contributed by atoms with E-state index in [0.717, 1.165) is 18.4 Å². The van der Waals surface area contributed by atoms with Crippen molar-refractivity contribution in [1.29, 1.82) is 0 Å². The quantitative estimate of drug-likeness (QED) is 0.581. The number of carbonyl (C=O) groups excluding carboxylic acids is 2. The molecule has 2 aromatic carbocycles. The Kier molecular flexibility index (Phi) is 7.68. The van der Waals surface area contributed by atoms with Crippen LogP contribution >= 0.6 is 0 Å². The van der Waals surface area contributed by atoms with Crippen LogP contribution in [0.2, 0.25) is 0 Å². The molecule has 0 aromatic heterocycles. The lowest BCUT2D eigenvalue weighted by molar-refractivity contribution is -0.124. The maximum Gasteiger partial charge on any atom is 0.254 e. The van der Waals surface area contributed by atoms with E-state index in [1.54, 1.807) is 44.4 Å². The zero-order valence-electron chi connectivity index (χ0n) is 20.1. The van der Waals surface area contributed by atoms with Gasteiger partial charge in [0.2, 0.25) is 5.91 Å². The second kappa shape index (κ2) is 10.5. The van der Waals surface area contributed by atoms with Gasteiger partial charge in [-0.3, -0.25) is 9.59 Å². The third kappa shape index (κ3) is 4.55. The molecule has 0 saturated carbocycles. The monoisotopic (exact) mass is 456 g/mol. The predicted molar refractivity (Wildman–Crippen MR) is 125 cm³/mol. The lowest BCUT2D eigenvalue weighted by Crippen LogP contribution is -2.45. The molecule has 1 N–H and O–H groups in total. The molecule has 0 bridgehead atoms. The Morgan fingerprint density at radius 2 is 1.55 bits per heavy atom. The topological polar surface area (TPSA) is 86.3 Å². The minimum absolute atomic E-state index is 0.156. The summed E-state index contributed by atoms with van der Waals surface area (Å²) in [4.78, 5) is 28.5. The Bertz CT molecular complexity index is 1020. The highest BCUT2D eigenvalue weighted by Gasteiger charge is 2.43. The zero-order chi connectivity index (χ0) is 24.1. The van der Waals surface area contributed by atoms with Crippen LogP contribution in [0.5, 0.6) is 23.0 Å². The van der Waals surface area contributed by atoms with Crippen molar-refractivity contribution in [2.75, 3.05) is 42.0 Å². The van der Waals surface area contributed by atoms with Crippen LogP contribution in [-0.2, 0) is 4.79 Å². The lowest BCUT2D eigenvalue weighted by atomic mass is 9.79. The zero-order valence-corrected chi connectivity index (χ0v) is 20.1. The summed E-state index contributed by atoms with van der Waals surface area (Å²) in [7, 11) is 7.87. The molecule has 2 amide bonds. The SMILES string of the molecule is CCCCNC(=O)[C@@H]1c2cc(OC)c(OC)cc2C(=O)N(C)[C@@H]1c1ccc(OC)c(OC)c1. The normalized spacial score (nSPS) is 17.3. The summed E-state index contributed by atoms with van der Waals surface area (Å²) in [6.45, 7) is 2.63. The number of benzene rings is 2. The molecule has 0 aliphatic carbocycles. The van der Waals surface area contributed by atoms with Crippen molar-refractivity contribution < 1.29 is 28.5 Å². The number of hydrogen-bond acceptors (Lipinski definition) is 6. The molecule has 2 aromatic rings. The fourth-order valence-corrected chi connectivity index (χ4v) is 4.28. The molecule has 33 heavy (non-hydrogen) atoms. The predicted octanol–water partition coefficient (Wildman–Crippen LogP) is 3.55. The molecular formula is C25H32N2O6. The maximum atomic E-state index is 13.5. The summed E-state index contributed by atoms with van der Waals surface area (Å²) in [5, 5.41) is 3.04. The third-order valence-corrected chi connectivity index (χ3v) is 6.04. The van der Waals surface area contributed by atoms with Gasteiger partial charge in [0.25, 0.3) is 5.91 Å². The lowest BCUT2D eigenvalue weighted by Gasteiger charge is -2.40. The average Bonchev–Trinajstić information content (AvgIpc) is 2.84. The number of fused-ring (bicyclic) bond motifs is 1. The van der Waals surface area contributed by atoms with Crippen LogP contribution in [0.1, 0.15) is 53.2 Å². The molecule has 178 valence electrons. The van der Waals surface area contributed by atoms with E-state index in [9.17, 15) is 9.59 Å². The first-order valence-electron chi connectivity index (χ1n) is 10.9. The van der Waals surface area contributed by atoms with E-state index >= 15 is 0 Å². The second-order valence-corrected chi connectivity index (χ2v) is 7.89. The highest BCUT2D eigenvalue weighted by atomic mass is 16.5. The summed E-state index contributed by atoms with van der Waals surface area (Å²) < 4.78 is 21.7. The van der Waals surface area contributed by atoms with E-state index in [-0.39, 0.29) is 11.8 Å². The summed E-state index contributed by atoms with van der Waals surface area (Å²) in [6.07, 6.45) is 1.83.